The number of hydrogen-bond donors (Lipinski definition) is 0. The van der Waals surface area contributed by atoms with Crippen LogP contribution in [0.25, 0.3) is 0 Å². The van der Waals surface area contributed by atoms with Crippen LogP contribution in [-0.4, -0.2) is 10.3 Å². The van der Waals surface area contributed by atoms with Crippen LogP contribution in [0.4, 0.5) is 0 Å². The van der Waals surface area contributed by atoms with E-state index in [1.807, 2.05) is 0 Å². The van der Waals surface area contributed by atoms with Gasteiger partial charge in [-0.05, 0) is 91.3 Å². The van der Waals surface area contributed by atoms with Crippen molar-refractivity contribution >= 4 is 11.6 Å². The summed E-state index contributed by atoms with van der Waals surface area (Å²) in [6.45, 7) is 12.1. The van der Waals surface area contributed by atoms with Gasteiger partial charge in [0, 0.05) is 17.4 Å². The Balaban J connectivity index is 1.59. The fourth-order valence-corrected chi connectivity index (χ4v) is 9.20. The first-order chi connectivity index (χ1) is 14.6. The summed E-state index contributed by atoms with van der Waals surface area (Å²) in [7, 11) is 0. The van der Waals surface area contributed by atoms with E-state index in [4.69, 9.17) is 11.6 Å². The Bertz CT molecular complexity index is 733. The predicted octanol–water partition coefficient (Wildman–Crippen LogP) is 8.24. The van der Waals surface area contributed by atoms with Gasteiger partial charge in [-0.2, -0.15) is 0 Å². The molecule has 4 rings (SSSR count). The molecule has 0 aromatic rings. The first-order valence-corrected chi connectivity index (χ1v) is 13.5. The van der Waals surface area contributed by atoms with Crippen LogP contribution in [0.3, 0.4) is 0 Å². The molecule has 0 bridgehead atoms. The smallest absolute Gasteiger partial charge is 0.246 e. The van der Waals surface area contributed by atoms with Crippen LogP contribution in [-0.2, 0) is 0 Å². The highest BCUT2D eigenvalue weighted by Crippen LogP contribution is 2.68. The lowest BCUT2D eigenvalue weighted by atomic mass is 9.46. The van der Waals surface area contributed by atoms with Gasteiger partial charge in [0.05, 0.1) is 4.92 Å². The minimum atomic E-state index is -0.0361. The van der Waals surface area contributed by atoms with E-state index in [1.165, 1.54) is 44.9 Å². The lowest BCUT2D eigenvalue weighted by molar-refractivity contribution is -0.434. The van der Waals surface area contributed by atoms with E-state index in [9.17, 15) is 10.1 Å². The molecule has 3 fully saturated rings. The Morgan fingerprint density at radius 1 is 1.03 bits per heavy atom. The summed E-state index contributed by atoms with van der Waals surface area (Å²) < 4.78 is 0. The van der Waals surface area contributed by atoms with Crippen molar-refractivity contribution in [3.8, 4) is 0 Å². The summed E-state index contributed by atoms with van der Waals surface area (Å²) in [6, 6.07) is 0. The molecule has 0 heterocycles. The summed E-state index contributed by atoms with van der Waals surface area (Å²) in [6.07, 6.45) is 12.7. The summed E-state index contributed by atoms with van der Waals surface area (Å²) in [5.41, 5.74) is 2.04. The number of halogens is 1. The molecule has 4 heteroatoms. The van der Waals surface area contributed by atoms with E-state index < -0.39 is 0 Å². The Labute approximate surface area is 194 Å². The maximum Gasteiger partial charge on any atom is 0.246 e. The first kappa shape index (κ1) is 23.6. The average Bonchev–Trinajstić information content (AvgIpc) is 3.05. The van der Waals surface area contributed by atoms with Gasteiger partial charge in [-0.25, -0.2) is 0 Å². The van der Waals surface area contributed by atoms with E-state index in [0.29, 0.717) is 35.3 Å². The normalized spacial score (nSPS) is 43.4. The molecular formula is C27H44ClNO2. The van der Waals surface area contributed by atoms with Gasteiger partial charge < -0.3 is 0 Å². The third-order valence-corrected chi connectivity index (χ3v) is 10.9. The van der Waals surface area contributed by atoms with E-state index in [2.05, 4.69) is 34.6 Å². The molecule has 3 nitrogen and oxygen atoms in total. The van der Waals surface area contributed by atoms with Crippen molar-refractivity contribution in [3.05, 3.63) is 21.4 Å². The van der Waals surface area contributed by atoms with Gasteiger partial charge in [-0.15, -0.1) is 11.6 Å². The van der Waals surface area contributed by atoms with Crippen LogP contribution >= 0.6 is 11.6 Å². The molecule has 8 atom stereocenters. The number of fused-ring (bicyclic) bond motifs is 5. The maximum absolute atomic E-state index is 12.2. The highest BCUT2D eigenvalue weighted by molar-refractivity contribution is 6.20. The molecule has 0 amide bonds. The third kappa shape index (κ3) is 4.00. The van der Waals surface area contributed by atoms with Crippen LogP contribution < -0.4 is 0 Å². The van der Waals surface area contributed by atoms with Crippen molar-refractivity contribution in [2.75, 3.05) is 0 Å². The van der Waals surface area contributed by atoms with E-state index >= 15 is 0 Å². The van der Waals surface area contributed by atoms with Crippen molar-refractivity contribution in [1.82, 2.24) is 0 Å². The zero-order chi connectivity index (χ0) is 22.6. The molecule has 0 spiro atoms. The van der Waals surface area contributed by atoms with Gasteiger partial charge in [-0.1, -0.05) is 53.9 Å². The van der Waals surface area contributed by atoms with Gasteiger partial charge in [0.15, 0.2) is 0 Å². The first-order valence-electron chi connectivity index (χ1n) is 13.1. The van der Waals surface area contributed by atoms with Crippen molar-refractivity contribution < 1.29 is 4.92 Å². The molecule has 0 radical (unpaired) electrons. The second-order valence-electron chi connectivity index (χ2n) is 12.6. The quantitative estimate of drug-likeness (QED) is 0.232. The van der Waals surface area contributed by atoms with Crippen molar-refractivity contribution in [2.24, 2.45) is 46.3 Å². The monoisotopic (exact) mass is 449 g/mol. The lowest BCUT2D eigenvalue weighted by Crippen LogP contribution is -2.52. The number of alkyl halides is 1. The fourth-order valence-electron chi connectivity index (χ4n) is 8.94. The molecule has 0 saturated heterocycles. The summed E-state index contributed by atoms with van der Waals surface area (Å²) in [5.74, 6) is 4.13. The molecular weight excluding hydrogens is 406 g/mol. The summed E-state index contributed by atoms with van der Waals surface area (Å²) in [5, 5.41) is 12.2. The molecule has 0 aromatic heterocycles. The zero-order valence-corrected chi connectivity index (χ0v) is 21.2. The molecule has 0 unspecified atom stereocenters. The molecule has 31 heavy (non-hydrogen) atoms. The average molecular weight is 450 g/mol. The standard InChI is InChI=1S/C27H44ClNO2/c1-17(2)7-6-8-18(3)21-9-10-22-20-16-25(29(30)31)24-15-19(28)11-13-27(24,5)23(20)12-14-26(21,22)4/h17-23H,6-16H2,1-5H3/t18-,19-,20+,21-,22+,23+,26+,27+/m0/s1. The molecule has 3 saturated carbocycles. The highest BCUT2D eigenvalue weighted by atomic mass is 35.5. The van der Waals surface area contributed by atoms with E-state index in [1.54, 1.807) is 0 Å². The largest absolute Gasteiger partial charge is 0.259 e. The number of allylic oxidation sites excluding steroid dienone is 2. The van der Waals surface area contributed by atoms with Gasteiger partial charge in [0.25, 0.3) is 0 Å². The lowest BCUT2D eigenvalue weighted by Gasteiger charge is -2.58. The SMILES string of the molecule is CC(C)CCC[C@H](C)[C@@H]1CC[C@@H]2[C@H]3CC([N+](=O)[O-])=C4C[C@@H](Cl)CC[C@]4(C)[C@@H]3CC[C@@]21C. The maximum atomic E-state index is 12.2. The zero-order valence-electron chi connectivity index (χ0n) is 20.5. The molecule has 4 aliphatic rings. The van der Waals surface area contributed by atoms with Crippen molar-refractivity contribution in [3.63, 3.8) is 0 Å². The molecule has 0 aromatic carbocycles. The summed E-state index contributed by atoms with van der Waals surface area (Å²) in [4.78, 5) is 12.1. The number of hydrogen-bond acceptors (Lipinski definition) is 2. The second kappa shape index (κ2) is 8.65. The molecule has 4 aliphatic carbocycles. The summed E-state index contributed by atoms with van der Waals surface area (Å²) >= 11 is 6.51. The van der Waals surface area contributed by atoms with Crippen LogP contribution in [0.15, 0.2) is 11.3 Å². The third-order valence-electron chi connectivity index (χ3n) is 10.5. The molecule has 176 valence electrons. The van der Waals surface area contributed by atoms with Gasteiger partial charge in [-0.3, -0.25) is 10.1 Å². The van der Waals surface area contributed by atoms with Gasteiger partial charge >= 0.3 is 0 Å². The highest BCUT2D eigenvalue weighted by Gasteiger charge is 2.61. The predicted molar refractivity (Wildman–Crippen MR) is 129 cm³/mol. The van der Waals surface area contributed by atoms with Crippen LogP contribution in [0.1, 0.15) is 105 Å². The van der Waals surface area contributed by atoms with Crippen molar-refractivity contribution in [1.29, 1.82) is 0 Å². The van der Waals surface area contributed by atoms with E-state index in [-0.39, 0.29) is 15.7 Å². The van der Waals surface area contributed by atoms with Crippen LogP contribution in [0.5, 0.6) is 0 Å². The second-order valence-corrected chi connectivity index (χ2v) is 13.2. The Morgan fingerprint density at radius 3 is 2.45 bits per heavy atom. The van der Waals surface area contributed by atoms with Crippen LogP contribution in [0, 0.1) is 56.5 Å². The fraction of sp³-hybridized carbons (Fsp3) is 0.926. The topological polar surface area (TPSA) is 43.1 Å². The number of nitro groups is 1. The molecule has 0 N–H and O–H groups in total. The Kier molecular flexibility index (Phi) is 6.58. The van der Waals surface area contributed by atoms with Gasteiger partial charge in [0.2, 0.25) is 5.70 Å². The Morgan fingerprint density at radius 2 is 1.77 bits per heavy atom. The Hall–Kier alpha value is -0.570. The number of rotatable bonds is 6. The number of nitrogens with zero attached hydrogens (tertiary/aromatic N) is 1. The van der Waals surface area contributed by atoms with Crippen molar-refractivity contribution in [2.45, 2.75) is 111 Å². The minimum absolute atomic E-state index is 0.000985. The molecule has 0 aliphatic heterocycles. The minimum Gasteiger partial charge on any atom is -0.259 e. The van der Waals surface area contributed by atoms with Gasteiger partial charge in [0.1, 0.15) is 0 Å². The van der Waals surface area contributed by atoms with Crippen LogP contribution in [0.2, 0.25) is 0 Å². The van der Waals surface area contributed by atoms with E-state index in [0.717, 1.165) is 42.6 Å².